The molecule has 1 aromatic carbocycles. The first kappa shape index (κ1) is 8.82. The second kappa shape index (κ2) is 2.69. The van der Waals surface area contributed by atoms with Crippen molar-refractivity contribution in [2.24, 2.45) is 0 Å². The number of rotatable bonds is 0. The largest absolute Gasteiger partial charge is 0.404 e. The lowest BCUT2D eigenvalue weighted by Crippen LogP contribution is -1.94. The highest BCUT2D eigenvalue weighted by Gasteiger charge is 2.15. The zero-order valence-electron chi connectivity index (χ0n) is 9.23. The molecule has 0 unspecified atom stereocenters. The van der Waals surface area contributed by atoms with Crippen LogP contribution in [-0.2, 0) is 0 Å². The Kier molecular flexibility index (Phi) is 1.39. The van der Waals surface area contributed by atoms with Crippen molar-refractivity contribution in [3.05, 3.63) is 52.4 Å². The predicted molar refractivity (Wildman–Crippen MR) is 66.9 cm³/mol. The minimum Gasteiger partial charge on any atom is -0.404 e. The van der Waals surface area contributed by atoms with Crippen LogP contribution in [0.5, 0.6) is 0 Å². The van der Waals surface area contributed by atoms with Crippen molar-refractivity contribution in [1.29, 1.82) is 0 Å². The summed E-state index contributed by atoms with van der Waals surface area (Å²) in [6, 6.07) is 11.9. The van der Waals surface area contributed by atoms with Crippen molar-refractivity contribution in [3.63, 3.8) is 0 Å². The van der Waals surface area contributed by atoms with Gasteiger partial charge in [0, 0.05) is 10.8 Å². The first-order chi connectivity index (χ1) is 8.25. The standard InChI is InChI=1S/C14H9NO2/c1-8-5-6-9-10(7-8)11-3-2-4-12-14(16)17-13(9)15(11)12/h2-7H,1H3. The van der Waals surface area contributed by atoms with Gasteiger partial charge in [0.1, 0.15) is 5.52 Å². The molecule has 3 aromatic heterocycles. The third-order valence-corrected chi connectivity index (χ3v) is 3.27. The Labute approximate surface area is 96.2 Å². The number of pyridine rings is 1. The number of benzene rings is 1. The Bertz CT molecular complexity index is 914. The van der Waals surface area contributed by atoms with Crippen LogP contribution in [0, 0.1) is 6.92 Å². The third kappa shape index (κ3) is 0.940. The molecule has 4 aromatic rings. The summed E-state index contributed by atoms with van der Waals surface area (Å²) in [5.41, 5.74) is 3.21. The van der Waals surface area contributed by atoms with E-state index in [1.54, 1.807) is 6.07 Å². The van der Waals surface area contributed by atoms with E-state index >= 15 is 0 Å². The van der Waals surface area contributed by atoms with E-state index in [2.05, 4.69) is 13.0 Å². The highest BCUT2D eigenvalue weighted by Crippen LogP contribution is 2.30. The number of hydrogen-bond acceptors (Lipinski definition) is 2. The molecule has 4 rings (SSSR count). The van der Waals surface area contributed by atoms with Crippen LogP contribution in [0.4, 0.5) is 0 Å². The maximum absolute atomic E-state index is 11.7. The summed E-state index contributed by atoms with van der Waals surface area (Å²) in [4.78, 5) is 11.7. The van der Waals surface area contributed by atoms with E-state index in [4.69, 9.17) is 4.42 Å². The minimum absolute atomic E-state index is 0.270. The topological polar surface area (TPSA) is 34.6 Å². The Morgan fingerprint density at radius 2 is 1.88 bits per heavy atom. The number of fused-ring (bicyclic) bond motifs is 3. The van der Waals surface area contributed by atoms with Gasteiger partial charge < -0.3 is 4.42 Å². The normalized spacial score (nSPS) is 12.1. The third-order valence-electron chi connectivity index (χ3n) is 3.27. The lowest BCUT2D eigenvalue weighted by atomic mass is 10.1. The summed E-state index contributed by atoms with van der Waals surface area (Å²) in [6.45, 7) is 2.06. The van der Waals surface area contributed by atoms with Crippen LogP contribution in [0.25, 0.3) is 27.5 Å². The van der Waals surface area contributed by atoms with Crippen molar-refractivity contribution in [3.8, 4) is 0 Å². The van der Waals surface area contributed by atoms with Crippen LogP contribution >= 0.6 is 0 Å². The van der Waals surface area contributed by atoms with Crippen LogP contribution < -0.4 is 5.63 Å². The molecule has 0 radical (unpaired) electrons. The van der Waals surface area contributed by atoms with Gasteiger partial charge in [-0.15, -0.1) is 0 Å². The summed E-state index contributed by atoms with van der Waals surface area (Å²) >= 11 is 0. The van der Waals surface area contributed by atoms with Crippen LogP contribution in [-0.4, -0.2) is 4.40 Å². The number of nitrogens with zero attached hydrogens (tertiary/aromatic N) is 1. The maximum Gasteiger partial charge on any atom is 0.362 e. The fraction of sp³-hybridized carbons (Fsp3) is 0.0714. The molecule has 0 aliphatic rings. The lowest BCUT2D eigenvalue weighted by molar-refractivity contribution is 0.575. The van der Waals surface area contributed by atoms with E-state index in [0.717, 1.165) is 16.3 Å². The molecule has 82 valence electrons. The minimum atomic E-state index is -0.270. The Morgan fingerprint density at radius 1 is 1.06 bits per heavy atom. The molecule has 0 aliphatic heterocycles. The monoisotopic (exact) mass is 223 g/mol. The Hall–Kier alpha value is -2.29. The Morgan fingerprint density at radius 3 is 2.76 bits per heavy atom. The highest BCUT2D eigenvalue weighted by molar-refractivity contribution is 6.07. The van der Waals surface area contributed by atoms with Crippen molar-refractivity contribution in [2.75, 3.05) is 0 Å². The molecule has 0 aliphatic carbocycles. The van der Waals surface area contributed by atoms with E-state index in [0.29, 0.717) is 11.2 Å². The predicted octanol–water partition coefficient (Wildman–Crippen LogP) is 2.95. The average molecular weight is 223 g/mol. The van der Waals surface area contributed by atoms with Crippen LogP contribution in [0.1, 0.15) is 5.56 Å². The van der Waals surface area contributed by atoms with E-state index < -0.39 is 0 Å². The highest BCUT2D eigenvalue weighted by atomic mass is 16.4. The van der Waals surface area contributed by atoms with Crippen LogP contribution in [0.15, 0.2) is 45.6 Å². The average Bonchev–Trinajstić information content (AvgIpc) is 2.81. The van der Waals surface area contributed by atoms with Gasteiger partial charge in [-0.3, -0.25) is 4.40 Å². The zero-order chi connectivity index (χ0) is 11.6. The van der Waals surface area contributed by atoms with Crippen molar-refractivity contribution >= 4 is 27.5 Å². The molecule has 3 heterocycles. The molecule has 0 spiro atoms. The van der Waals surface area contributed by atoms with Crippen molar-refractivity contribution < 1.29 is 4.42 Å². The number of oxazole rings is 1. The van der Waals surface area contributed by atoms with Gasteiger partial charge in [-0.1, -0.05) is 17.7 Å². The maximum atomic E-state index is 11.7. The number of aromatic nitrogens is 1. The van der Waals surface area contributed by atoms with Gasteiger partial charge >= 0.3 is 5.63 Å². The van der Waals surface area contributed by atoms with Crippen LogP contribution in [0.3, 0.4) is 0 Å². The number of aryl methyl sites for hydroxylation is 1. The molecule has 0 amide bonds. The molecule has 0 N–H and O–H groups in total. The fourth-order valence-electron chi connectivity index (χ4n) is 2.52. The van der Waals surface area contributed by atoms with Gasteiger partial charge in [0.25, 0.3) is 0 Å². The van der Waals surface area contributed by atoms with Crippen molar-refractivity contribution in [2.45, 2.75) is 6.92 Å². The second-order valence-corrected chi connectivity index (χ2v) is 4.38. The summed E-state index contributed by atoms with van der Waals surface area (Å²) < 4.78 is 7.24. The van der Waals surface area contributed by atoms with Gasteiger partial charge in [0.05, 0.1) is 5.52 Å². The van der Waals surface area contributed by atoms with Gasteiger partial charge in [-0.05, 0) is 31.2 Å². The smallest absolute Gasteiger partial charge is 0.362 e. The van der Waals surface area contributed by atoms with Gasteiger partial charge in [-0.25, -0.2) is 4.79 Å². The van der Waals surface area contributed by atoms with Gasteiger partial charge in [-0.2, -0.15) is 0 Å². The van der Waals surface area contributed by atoms with Gasteiger partial charge in [0.2, 0.25) is 5.71 Å². The first-order valence-electron chi connectivity index (χ1n) is 5.52. The molecule has 0 fully saturated rings. The lowest BCUT2D eigenvalue weighted by Gasteiger charge is -1.94. The summed E-state index contributed by atoms with van der Waals surface area (Å²) in [5.74, 6) is 0. The molecule has 0 saturated carbocycles. The van der Waals surface area contributed by atoms with Gasteiger partial charge in [0.15, 0.2) is 0 Å². The van der Waals surface area contributed by atoms with Crippen molar-refractivity contribution in [1.82, 2.24) is 4.40 Å². The van der Waals surface area contributed by atoms with Crippen LogP contribution in [0.2, 0.25) is 0 Å². The second-order valence-electron chi connectivity index (χ2n) is 4.38. The molecular weight excluding hydrogens is 214 g/mol. The zero-order valence-corrected chi connectivity index (χ0v) is 9.23. The molecule has 17 heavy (non-hydrogen) atoms. The Balaban J connectivity index is 2.48. The molecule has 0 atom stereocenters. The van der Waals surface area contributed by atoms with E-state index in [-0.39, 0.29) is 5.63 Å². The number of hydrogen-bond donors (Lipinski definition) is 0. The van der Waals surface area contributed by atoms with E-state index in [1.807, 2.05) is 28.7 Å². The van der Waals surface area contributed by atoms with E-state index in [1.165, 1.54) is 5.56 Å². The SMILES string of the molecule is Cc1ccc2c(c1)c1cccc3c(=O)oc2n31. The first-order valence-corrected chi connectivity index (χ1v) is 5.52. The van der Waals surface area contributed by atoms with E-state index in [9.17, 15) is 4.79 Å². The molecule has 3 heteroatoms. The summed E-state index contributed by atoms with van der Waals surface area (Å²) in [7, 11) is 0. The summed E-state index contributed by atoms with van der Waals surface area (Å²) in [5, 5.41) is 2.13. The summed E-state index contributed by atoms with van der Waals surface area (Å²) in [6.07, 6.45) is 0. The fourth-order valence-corrected chi connectivity index (χ4v) is 2.52. The molecule has 0 bridgehead atoms. The molecule has 3 nitrogen and oxygen atoms in total. The molecular formula is C14H9NO2. The quantitative estimate of drug-likeness (QED) is 0.459. The molecule has 0 saturated heterocycles.